The number of esters is 3. The van der Waals surface area contributed by atoms with Crippen molar-refractivity contribution in [2.45, 2.75) is 309 Å². The quantitative estimate of drug-likeness (QED) is 0.0261. The van der Waals surface area contributed by atoms with Gasteiger partial charge in [0.2, 0.25) is 0 Å². The molecule has 0 aliphatic rings. The van der Waals surface area contributed by atoms with E-state index >= 15 is 0 Å². The SMILES string of the molecule is CC/C=C\C/C=C\C/C=C\C/C=C\C/C=C\C/C=C\C/C=C\C/C=C\C/C=C\CCCCCC(=O)OCC(COC(=O)CCCCCCCCCC)OC(=O)CCCCCCCCCCCCCCCCCCCCCC. The van der Waals surface area contributed by atoms with Gasteiger partial charge in [-0.15, -0.1) is 0 Å². The van der Waals surface area contributed by atoms with Gasteiger partial charge in [0.05, 0.1) is 0 Å². The Morgan fingerprint density at radius 3 is 0.792 bits per heavy atom. The summed E-state index contributed by atoms with van der Waals surface area (Å²) < 4.78 is 16.8. The lowest BCUT2D eigenvalue weighted by Crippen LogP contribution is -2.30. The maximum Gasteiger partial charge on any atom is 0.306 e. The second-order valence-electron chi connectivity index (χ2n) is 21.3. The zero-order valence-electron chi connectivity index (χ0n) is 50.4. The minimum Gasteiger partial charge on any atom is -0.462 e. The van der Waals surface area contributed by atoms with Gasteiger partial charge >= 0.3 is 17.9 Å². The van der Waals surface area contributed by atoms with Crippen LogP contribution in [0.25, 0.3) is 0 Å². The Kier molecular flexibility index (Phi) is 61.3. The van der Waals surface area contributed by atoms with E-state index in [1.54, 1.807) is 0 Å². The van der Waals surface area contributed by atoms with Crippen molar-refractivity contribution in [2.75, 3.05) is 13.2 Å². The molecule has 77 heavy (non-hydrogen) atoms. The molecule has 1 unspecified atom stereocenters. The van der Waals surface area contributed by atoms with Crippen LogP contribution >= 0.6 is 0 Å². The second kappa shape index (κ2) is 64.6. The number of hydrogen-bond donors (Lipinski definition) is 0. The molecule has 0 aliphatic heterocycles. The average molecular weight is 1070 g/mol. The van der Waals surface area contributed by atoms with Gasteiger partial charge in [0.1, 0.15) is 13.2 Å². The summed E-state index contributed by atoms with van der Waals surface area (Å²) in [5.41, 5.74) is 0. The van der Waals surface area contributed by atoms with Gasteiger partial charge < -0.3 is 14.2 Å². The van der Waals surface area contributed by atoms with E-state index in [4.69, 9.17) is 14.2 Å². The molecule has 0 saturated carbocycles. The van der Waals surface area contributed by atoms with Crippen LogP contribution in [0, 0.1) is 0 Å². The fraction of sp³-hybridized carbons (Fsp3) is 0.704. The molecule has 0 aromatic heterocycles. The summed E-state index contributed by atoms with van der Waals surface area (Å²) in [6.07, 6.45) is 88.3. The van der Waals surface area contributed by atoms with E-state index in [2.05, 4.69) is 130 Å². The Morgan fingerprint density at radius 1 is 0.273 bits per heavy atom. The van der Waals surface area contributed by atoms with E-state index in [-0.39, 0.29) is 31.1 Å². The Bertz CT molecular complexity index is 1560. The lowest BCUT2D eigenvalue weighted by atomic mass is 10.0. The Balaban J connectivity index is 4.25. The minimum atomic E-state index is -0.789. The van der Waals surface area contributed by atoms with Gasteiger partial charge in [-0.3, -0.25) is 14.4 Å². The van der Waals surface area contributed by atoms with Crippen LogP contribution in [0.1, 0.15) is 303 Å². The molecule has 0 radical (unpaired) electrons. The van der Waals surface area contributed by atoms with E-state index in [0.29, 0.717) is 19.3 Å². The molecular weight excluding hydrogens is 949 g/mol. The van der Waals surface area contributed by atoms with Crippen LogP contribution in [-0.2, 0) is 28.6 Å². The molecule has 1 atom stereocenters. The summed E-state index contributed by atoms with van der Waals surface area (Å²) in [5.74, 6) is -0.916. The molecule has 0 heterocycles. The first kappa shape index (κ1) is 73.1. The van der Waals surface area contributed by atoms with Crippen LogP contribution in [0.5, 0.6) is 0 Å². The van der Waals surface area contributed by atoms with Crippen molar-refractivity contribution >= 4 is 17.9 Å². The summed E-state index contributed by atoms with van der Waals surface area (Å²) in [4.78, 5) is 38.1. The molecule has 0 aliphatic carbocycles. The molecule has 0 fully saturated rings. The van der Waals surface area contributed by atoms with Gasteiger partial charge in [0.15, 0.2) is 6.10 Å². The van der Waals surface area contributed by atoms with Gasteiger partial charge in [-0.2, -0.15) is 0 Å². The van der Waals surface area contributed by atoms with E-state index in [1.165, 1.54) is 141 Å². The molecule has 0 rings (SSSR count). The predicted molar refractivity (Wildman–Crippen MR) is 334 cm³/mol. The van der Waals surface area contributed by atoms with E-state index in [1.807, 2.05) is 0 Å². The summed E-state index contributed by atoms with van der Waals surface area (Å²) in [6.45, 7) is 6.49. The van der Waals surface area contributed by atoms with Crippen molar-refractivity contribution < 1.29 is 28.6 Å². The van der Waals surface area contributed by atoms with Crippen LogP contribution in [0.2, 0.25) is 0 Å². The normalized spacial score (nSPS) is 12.8. The fourth-order valence-electron chi connectivity index (χ4n) is 8.97. The second-order valence-corrected chi connectivity index (χ2v) is 21.3. The minimum absolute atomic E-state index is 0.0859. The molecule has 0 saturated heterocycles. The Morgan fingerprint density at radius 2 is 0.506 bits per heavy atom. The summed E-state index contributed by atoms with van der Waals surface area (Å²) >= 11 is 0. The van der Waals surface area contributed by atoms with Crippen molar-refractivity contribution in [1.82, 2.24) is 0 Å². The molecule has 0 N–H and O–H groups in total. The van der Waals surface area contributed by atoms with E-state index < -0.39 is 6.10 Å². The first-order valence-corrected chi connectivity index (χ1v) is 32.4. The summed E-state index contributed by atoms with van der Waals surface area (Å²) in [6, 6.07) is 0. The molecule has 6 heteroatoms. The lowest BCUT2D eigenvalue weighted by molar-refractivity contribution is -0.167. The van der Waals surface area contributed by atoms with Crippen LogP contribution in [0.3, 0.4) is 0 Å². The highest BCUT2D eigenvalue weighted by molar-refractivity contribution is 5.71. The number of unbranched alkanes of at least 4 members (excludes halogenated alkanes) is 29. The third-order valence-electron chi connectivity index (χ3n) is 13.8. The van der Waals surface area contributed by atoms with Gasteiger partial charge in [0.25, 0.3) is 0 Å². The third kappa shape index (κ3) is 62.8. The van der Waals surface area contributed by atoms with Crippen molar-refractivity contribution in [3.05, 3.63) is 109 Å². The van der Waals surface area contributed by atoms with Crippen molar-refractivity contribution in [2.24, 2.45) is 0 Å². The number of carbonyl (C=O) groups is 3. The largest absolute Gasteiger partial charge is 0.462 e. The zero-order chi connectivity index (χ0) is 55.7. The molecule has 440 valence electrons. The van der Waals surface area contributed by atoms with Gasteiger partial charge in [-0.05, 0) is 89.9 Å². The maximum absolute atomic E-state index is 12.9. The average Bonchev–Trinajstić information content (AvgIpc) is 3.43. The van der Waals surface area contributed by atoms with Crippen LogP contribution in [0.4, 0.5) is 0 Å². The monoisotopic (exact) mass is 1070 g/mol. The molecule has 0 aromatic carbocycles. The number of allylic oxidation sites excluding steroid dienone is 18. The Labute approximate surface area is 476 Å². The standard InChI is InChI=1S/C71H120O6/c1-4-7-10-13-16-19-21-23-25-27-29-31-32-33-34-35-36-37-38-39-40-41-43-44-46-48-50-52-55-58-61-64-70(73)76-67-68(66-75-69(72)63-60-57-54-18-15-12-9-6-3)77-71(74)65-62-59-56-53-51-49-47-45-42-30-28-26-24-22-20-17-14-11-8-5-2/h7,10,16,19,23,25,29,31,33-34,36-37,39-40,43-44,48,50,68H,4-6,8-9,11-15,17-18,20-22,24,26-28,30,32,35,38,41-42,45-47,49,51-67H2,1-3H3/b10-7-,19-16-,25-23-,31-29-,34-33-,37-36-,40-39-,44-43-,50-48-. The van der Waals surface area contributed by atoms with E-state index in [0.717, 1.165) is 122 Å². The number of rotatable bonds is 58. The molecule has 0 aromatic rings. The fourth-order valence-corrected chi connectivity index (χ4v) is 8.97. The molecule has 0 amide bonds. The van der Waals surface area contributed by atoms with Crippen LogP contribution in [0.15, 0.2) is 109 Å². The Hall–Kier alpha value is -3.93. The van der Waals surface area contributed by atoms with Crippen LogP contribution in [-0.4, -0.2) is 37.2 Å². The summed E-state index contributed by atoms with van der Waals surface area (Å²) in [7, 11) is 0. The first-order valence-electron chi connectivity index (χ1n) is 32.4. The summed E-state index contributed by atoms with van der Waals surface area (Å²) in [5, 5.41) is 0. The van der Waals surface area contributed by atoms with Gasteiger partial charge in [0, 0.05) is 19.3 Å². The van der Waals surface area contributed by atoms with Crippen molar-refractivity contribution in [3.8, 4) is 0 Å². The zero-order valence-corrected chi connectivity index (χ0v) is 50.4. The van der Waals surface area contributed by atoms with E-state index in [9.17, 15) is 14.4 Å². The highest BCUT2D eigenvalue weighted by atomic mass is 16.6. The molecule has 0 spiro atoms. The highest BCUT2D eigenvalue weighted by Crippen LogP contribution is 2.17. The van der Waals surface area contributed by atoms with Crippen molar-refractivity contribution in [1.29, 1.82) is 0 Å². The third-order valence-corrected chi connectivity index (χ3v) is 13.8. The maximum atomic E-state index is 12.9. The first-order chi connectivity index (χ1) is 38.0. The van der Waals surface area contributed by atoms with Gasteiger partial charge in [-0.25, -0.2) is 0 Å². The molecular formula is C71H120O6. The number of carbonyl (C=O) groups excluding carboxylic acids is 3. The molecule has 0 bridgehead atoms. The van der Waals surface area contributed by atoms with Crippen LogP contribution < -0.4 is 0 Å². The van der Waals surface area contributed by atoms with Crippen molar-refractivity contribution in [3.63, 3.8) is 0 Å². The smallest absolute Gasteiger partial charge is 0.306 e. The molecule has 6 nitrogen and oxygen atoms in total. The number of ether oxygens (including phenoxy) is 3. The highest BCUT2D eigenvalue weighted by Gasteiger charge is 2.19. The van der Waals surface area contributed by atoms with Gasteiger partial charge in [-0.1, -0.05) is 304 Å². The lowest BCUT2D eigenvalue weighted by Gasteiger charge is -2.18. The number of hydrogen-bond acceptors (Lipinski definition) is 6. The predicted octanol–water partition coefficient (Wildman–Crippen LogP) is 22.2. The topological polar surface area (TPSA) is 78.9 Å².